The highest BCUT2D eigenvalue weighted by Gasteiger charge is 2.23. The molecule has 0 aliphatic heterocycles. The summed E-state index contributed by atoms with van der Waals surface area (Å²) in [4.78, 5) is 0. The van der Waals surface area contributed by atoms with Gasteiger partial charge in [-0.3, -0.25) is 0 Å². The van der Waals surface area contributed by atoms with E-state index in [2.05, 4.69) is 41.5 Å². The molecule has 0 saturated heterocycles. The van der Waals surface area contributed by atoms with E-state index in [-0.39, 0.29) is 22.3 Å². The Kier molecular flexibility index (Phi) is 4.98. The number of benzene rings is 2. The second kappa shape index (κ2) is 6.51. The standard InChI is InChI=1S/C22H30O2/c1-7-21(3,4)15-9-11-19(23)17(13-15)18-14-16(10-12-20(18)24)22(5,6)8-2/h9-14,23-24H,7-8H2,1-6H3. The Balaban J connectivity index is 2.64. The number of hydrogen-bond donors (Lipinski definition) is 2. The number of phenols is 2. The molecule has 2 N–H and O–H groups in total. The van der Waals surface area contributed by atoms with Crippen LogP contribution in [0.1, 0.15) is 65.5 Å². The van der Waals surface area contributed by atoms with Gasteiger partial charge in [-0.25, -0.2) is 0 Å². The van der Waals surface area contributed by atoms with Gasteiger partial charge in [-0.05, 0) is 59.1 Å². The van der Waals surface area contributed by atoms with Gasteiger partial charge in [-0.15, -0.1) is 0 Å². The number of rotatable bonds is 5. The molecule has 24 heavy (non-hydrogen) atoms. The molecule has 0 heterocycles. The van der Waals surface area contributed by atoms with Crippen LogP contribution in [-0.2, 0) is 10.8 Å². The van der Waals surface area contributed by atoms with Gasteiger partial charge in [0.15, 0.2) is 0 Å². The largest absolute Gasteiger partial charge is 0.507 e. The smallest absolute Gasteiger partial charge is 0.123 e. The normalized spacial score (nSPS) is 12.4. The second-order valence-corrected chi connectivity index (χ2v) is 7.94. The molecular weight excluding hydrogens is 296 g/mol. The van der Waals surface area contributed by atoms with E-state index >= 15 is 0 Å². The van der Waals surface area contributed by atoms with Gasteiger partial charge in [-0.2, -0.15) is 0 Å². The second-order valence-electron chi connectivity index (χ2n) is 7.94. The highest BCUT2D eigenvalue weighted by Crippen LogP contribution is 2.41. The lowest BCUT2D eigenvalue weighted by molar-refractivity contribution is 0.465. The van der Waals surface area contributed by atoms with E-state index in [0.717, 1.165) is 24.0 Å². The zero-order valence-electron chi connectivity index (χ0n) is 15.8. The van der Waals surface area contributed by atoms with Gasteiger partial charge in [0, 0.05) is 11.1 Å². The molecule has 2 aromatic rings. The third kappa shape index (κ3) is 3.43. The summed E-state index contributed by atoms with van der Waals surface area (Å²) in [5.74, 6) is 0.403. The van der Waals surface area contributed by atoms with E-state index in [4.69, 9.17) is 0 Å². The molecule has 130 valence electrons. The van der Waals surface area contributed by atoms with Crippen molar-refractivity contribution in [3.05, 3.63) is 47.5 Å². The molecule has 0 aliphatic rings. The first kappa shape index (κ1) is 18.4. The van der Waals surface area contributed by atoms with Crippen molar-refractivity contribution < 1.29 is 10.2 Å². The quantitative estimate of drug-likeness (QED) is 0.693. The molecule has 0 aromatic heterocycles. The number of hydrogen-bond acceptors (Lipinski definition) is 2. The minimum atomic E-state index is 0.0262. The molecule has 0 spiro atoms. The van der Waals surface area contributed by atoms with Crippen molar-refractivity contribution in [1.82, 2.24) is 0 Å². The van der Waals surface area contributed by atoms with Crippen LogP contribution in [0.25, 0.3) is 11.1 Å². The van der Waals surface area contributed by atoms with Crippen LogP contribution in [0.5, 0.6) is 11.5 Å². The summed E-state index contributed by atoms with van der Waals surface area (Å²) in [5, 5.41) is 20.8. The lowest BCUT2D eigenvalue weighted by Crippen LogP contribution is -2.16. The van der Waals surface area contributed by atoms with Crippen LogP contribution in [0.4, 0.5) is 0 Å². The highest BCUT2D eigenvalue weighted by atomic mass is 16.3. The van der Waals surface area contributed by atoms with Crippen molar-refractivity contribution in [2.45, 2.75) is 65.2 Å². The molecule has 2 aromatic carbocycles. The van der Waals surface area contributed by atoms with Crippen LogP contribution in [0.2, 0.25) is 0 Å². The highest BCUT2D eigenvalue weighted by molar-refractivity contribution is 5.77. The van der Waals surface area contributed by atoms with Gasteiger partial charge in [-0.1, -0.05) is 53.7 Å². The van der Waals surface area contributed by atoms with Crippen LogP contribution in [0.3, 0.4) is 0 Å². The van der Waals surface area contributed by atoms with Gasteiger partial charge < -0.3 is 10.2 Å². The third-order valence-electron chi connectivity index (χ3n) is 5.61. The topological polar surface area (TPSA) is 40.5 Å². The molecule has 0 fully saturated rings. The summed E-state index contributed by atoms with van der Waals surface area (Å²) in [7, 11) is 0. The fourth-order valence-electron chi connectivity index (χ4n) is 2.75. The van der Waals surface area contributed by atoms with Crippen molar-refractivity contribution in [2.75, 3.05) is 0 Å². The van der Waals surface area contributed by atoms with Gasteiger partial charge in [0.2, 0.25) is 0 Å². The average molecular weight is 326 g/mol. The van der Waals surface area contributed by atoms with Crippen molar-refractivity contribution in [3.63, 3.8) is 0 Å². The molecule has 0 bridgehead atoms. The molecule has 0 unspecified atom stereocenters. The summed E-state index contributed by atoms with van der Waals surface area (Å²) < 4.78 is 0. The van der Waals surface area contributed by atoms with Crippen molar-refractivity contribution in [2.24, 2.45) is 0 Å². The summed E-state index contributed by atoms with van der Waals surface area (Å²) in [6.45, 7) is 13.1. The maximum absolute atomic E-state index is 10.4. The number of aromatic hydroxyl groups is 2. The Morgan fingerprint density at radius 3 is 1.29 bits per heavy atom. The maximum atomic E-state index is 10.4. The Morgan fingerprint density at radius 2 is 1.00 bits per heavy atom. The summed E-state index contributed by atoms with van der Waals surface area (Å²) in [5.41, 5.74) is 3.77. The van der Waals surface area contributed by atoms with Crippen LogP contribution in [0, 0.1) is 0 Å². The monoisotopic (exact) mass is 326 g/mol. The predicted octanol–water partition coefficient (Wildman–Crippen LogP) is 6.14. The average Bonchev–Trinajstić information content (AvgIpc) is 2.55. The van der Waals surface area contributed by atoms with E-state index in [1.807, 2.05) is 24.3 Å². The van der Waals surface area contributed by atoms with Gasteiger partial charge in [0.1, 0.15) is 11.5 Å². The fourth-order valence-corrected chi connectivity index (χ4v) is 2.75. The number of phenolic OH excluding ortho intramolecular Hbond substituents is 2. The Bertz CT molecular complexity index is 663. The summed E-state index contributed by atoms with van der Waals surface area (Å²) in [6, 6.07) is 11.4. The van der Waals surface area contributed by atoms with Crippen LogP contribution in [0.15, 0.2) is 36.4 Å². The van der Waals surface area contributed by atoms with Gasteiger partial charge in [0.25, 0.3) is 0 Å². The molecule has 2 rings (SSSR count). The molecule has 2 nitrogen and oxygen atoms in total. The molecule has 2 heteroatoms. The SMILES string of the molecule is CCC(C)(C)c1ccc(O)c(-c2cc(C(C)(C)CC)ccc2O)c1. The molecule has 0 atom stereocenters. The van der Waals surface area contributed by atoms with E-state index < -0.39 is 0 Å². The van der Waals surface area contributed by atoms with E-state index in [1.54, 1.807) is 12.1 Å². The Hall–Kier alpha value is -1.96. The van der Waals surface area contributed by atoms with Crippen LogP contribution in [-0.4, -0.2) is 10.2 Å². The van der Waals surface area contributed by atoms with Gasteiger partial charge in [0.05, 0.1) is 0 Å². The predicted molar refractivity (Wildman–Crippen MR) is 102 cm³/mol. The van der Waals surface area contributed by atoms with Crippen LogP contribution >= 0.6 is 0 Å². The van der Waals surface area contributed by atoms with E-state index in [0.29, 0.717) is 11.1 Å². The Labute approximate surface area is 146 Å². The van der Waals surface area contributed by atoms with Crippen molar-refractivity contribution in [1.29, 1.82) is 0 Å². The summed E-state index contributed by atoms with van der Waals surface area (Å²) in [6.07, 6.45) is 2.01. The van der Waals surface area contributed by atoms with Crippen molar-refractivity contribution >= 4 is 0 Å². The molecular formula is C22H30O2. The molecule has 0 aliphatic carbocycles. The zero-order chi connectivity index (χ0) is 18.1. The summed E-state index contributed by atoms with van der Waals surface area (Å²) >= 11 is 0. The van der Waals surface area contributed by atoms with E-state index in [1.165, 1.54) is 0 Å². The Morgan fingerprint density at radius 1 is 0.667 bits per heavy atom. The molecule has 0 radical (unpaired) electrons. The first-order chi connectivity index (χ1) is 11.1. The minimum absolute atomic E-state index is 0.0262. The third-order valence-corrected chi connectivity index (χ3v) is 5.61. The van der Waals surface area contributed by atoms with Crippen LogP contribution < -0.4 is 0 Å². The lowest BCUT2D eigenvalue weighted by Gasteiger charge is -2.26. The lowest BCUT2D eigenvalue weighted by atomic mass is 9.79. The maximum Gasteiger partial charge on any atom is 0.123 e. The molecule has 0 amide bonds. The van der Waals surface area contributed by atoms with Crippen molar-refractivity contribution in [3.8, 4) is 22.6 Å². The zero-order valence-corrected chi connectivity index (χ0v) is 15.8. The minimum Gasteiger partial charge on any atom is -0.507 e. The molecule has 0 saturated carbocycles. The van der Waals surface area contributed by atoms with Gasteiger partial charge >= 0.3 is 0 Å². The fraction of sp³-hybridized carbons (Fsp3) is 0.455. The van der Waals surface area contributed by atoms with E-state index in [9.17, 15) is 10.2 Å². The first-order valence-corrected chi connectivity index (χ1v) is 8.79. The first-order valence-electron chi connectivity index (χ1n) is 8.79.